The molecule has 2 rings (SSSR count). The number of carbonyl (C=O) groups is 1. The van der Waals surface area contributed by atoms with Crippen LogP contribution >= 0.6 is 0 Å². The highest BCUT2D eigenvalue weighted by atomic mass is 32.2. The number of sulfone groups is 1. The number of rotatable bonds is 5. The van der Waals surface area contributed by atoms with E-state index in [1.54, 1.807) is 24.3 Å². The third kappa shape index (κ3) is 3.78. The summed E-state index contributed by atoms with van der Waals surface area (Å²) < 4.78 is 24.4. The number of benzene rings is 1. The van der Waals surface area contributed by atoms with Crippen LogP contribution in [-0.4, -0.2) is 51.2 Å². The molecule has 1 aromatic rings. The Morgan fingerprint density at radius 2 is 1.95 bits per heavy atom. The Kier molecular flexibility index (Phi) is 4.74. The number of nitrogens with two attached hydrogens (primary N) is 1. The summed E-state index contributed by atoms with van der Waals surface area (Å²) in [5.41, 5.74) is 6.38. The predicted molar refractivity (Wildman–Crippen MR) is 75.8 cm³/mol. The highest BCUT2D eigenvalue weighted by Gasteiger charge is 2.20. The molecule has 7 heteroatoms. The lowest BCUT2D eigenvalue weighted by molar-refractivity contribution is -0.123. The fraction of sp³-hybridized carbons (Fsp3) is 0.462. The van der Waals surface area contributed by atoms with Gasteiger partial charge in [0, 0.05) is 26.2 Å². The van der Waals surface area contributed by atoms with Gasteiger partial charge in [-0.2, -0.15) is 0 Å². The summed E-state index contributed by atoms with van der Waals surface area (Å²) in [5, 5.41) is 2.71. The van der Waals surface area contributed by atoms with Crippen LogP contribution in [0.1, 0.15) is 5.56 Å². The molecule has 0 radical (unpaired) electrons. The molecule has 1 aliphatic rings. The van der Waals surface area contributed by atoms with Crippen LogP contribution in [0.5, 0.6) is 0 Å². The Bertz CT molecular complexity index is 569. The quantitative estimate of drug-likeness (QED) is 0.753. The van der Waals surface area contributed by atoms with Gasteiger partial charge in [-0.15, -0.1) is 0 Å². The largest absolute Gasteiger partial charge is 0.354 e. The average Bonchev–Trinajstić information content (AvgIpc) is 2.45. The first kappa shape index (κ1) is 15.0. The molecule has 0 saturated carbocycles. The maximum absolute atomic E-state index is 12.2. The number of nitrogens with zero attached hydrogens (tertiary/aromatic N) is 1. The normalized spacial score (nSPS) is 16.9. The number of piperazine rings is 1. The van der Waals surface area contributed by atoms with Crippen LogP contribution in [0.3, 0.4) is 0 Å². The van der Waals surface area contributed by atoms with Gasteiger partial charge in [0.2, 0.25) is 5.91 Å². The zero-order valence-corrected chi connectivity index (χ0v) is 12.0. The van der Waals surface area contributed by atoms with Crippen molar-refractivity contribution >= 4 is 15.7 Å². The van der Waals surface area contributed by atoms with Crippen molar-refractivity contribution in [3.05, 3.63) is 29.8 Å². The summed E-state index contributed by atoms with van der Waals surface area (Å²) in [6, 6.07) is 6.61. The minimum absolute atomic E-state index is 0.0161. The SMILES string of the molecule is NCc1ccc(S(=O)(=O)CCN2CCNC(=O)C2)cc1. The van der Waals surface area contributed by atoms with E-state index in [9.17, 15) is 13.2 Å². The number of hydrogen-bond donors (Lipinski definition) is 2. The maximum atomic E-state index is 12.2. The summed E-state index contributed by atoms with van der Waals surface area (Å²) >= 11 is 0. The maximum Gasteiger partial charge on any atom is 0.234 e. The van der Waals surface area contributed by atoms with E-state index in [0.29, 0.717) is 31.1 Å². The van der Waals surface area contributed by atoms with Crippen LogP contribution in [0, 0.1) is 0 Å². The highest BCUT2D eigenvalue weighted by Crippen LogP contribution is 2.12. The van der Waals surface area contributed by atoms with Crippen LogP contribution in [0.15, 0.2) is 29.2 Å². The van der Waals surface area contributed by atoms with Gasteiger partial charge in [-0.05, 0) is 17.7 Å². The van der Waals surface area contributed by atoms with Crippen molar-refractivity contribution in [3.8, 4) is 0 Å². The van der Waals surface area contributed by atoms with Crippen molar-refractivity contribution in [2.45, 2.75) is 11.4 Å². The van der Waals surface area contributed by atoms with Crippen molar-refractivity contribution in [2.75, 3.05) is 31.9 Å². The van der Waals surface area contributed by atoms with E-state index in [2.05, 4.69) is 5.32 Å². The van der Waals surface area contributed by atoms with Crippen molar-refractivity contribution < 1.29 is 13.2 Å². The van der Waals surface area contributed by atoms with Gasteiger partial charge in [0.25, 0.3) is 0 Å². The fourth-order valence-electron chi connectivity index (χ4n) is 2.08. The third-order valence-electron chi connectivity index (χ3n) is 3.31. The second-order valence-electron chi connectivity index (χ2n) is 4.79. The molecule has 20 heavy (non-hydrogen) atoms. The van der Waals surface area contributed by atoms with Crippen LogP contribution in [0.2, 0.25) is 0 Å². The van der Waals surface area contributed by atoms with E-state index in [1.807, 2.05) is 4.90 Å². The smallest absolute Gasteiger partial charge is 0.234 e. The summed E-state index contributed by atoms with van der Waals surface area (Å²) in [6.45, 7) is 2.29. The standard InChI is InChI=1S/C13H19N3O3S/c14-9-11-1-3-12(4-2-11)20(18,19)8-7-16-6-5-15-13(17)10-16/h1-4H,5-10,14H2,(H,15,17). The molecule has 1 aliphatic heterocycles. The molecule has 0 aromatic heterocycles. The molecule has 0 aliphatic carbocycles. The minimum atomic E-state index is -3.32. The van der Waals surface area contributed by atoms with Gasteiger partial charge in [0.1, 0.15) is 0 Å². The first-order chi connectivity index (χ1) is 9.51. The van der Waals surface area contributed by atoms with E-state index in [4.69, 9.17) is 5.73 Å². The number of nitrogens with one attached hydrogen (secondary N) is 1. The average molecular weight is 297 g/mol. The van der Waals surface area contributed by atoms with E-state index >= 15 is 0 Å². The number of amides is 1. The Morgan fingerprint density at radius 3 is 2.55 bits per heavy atom. The van der Waals surface area contributed by atoms with Gasteiger partial charge in [0.05, 0.1) is 17.2 Å². The Morgan fingerprint density at radius 1 is 1.25 bits per heavy atom. The van der Waals surface area contributed by atoms with Crippen LogP contribution in [0.25, 0.3) is 0 Å². The summed E-state index contributed by atoms with van der Waals surface area (Å²) in [4.78, 5) is 13.4. The van der Waals surface area contributed by atoms with E-state index < -0.39 is 9.84 Å². The zero-order chi connectivity index (χ0) is 14.6. The van der Waals surface area contributed by atoms with Crippen molar-refractivity contribution in [2.24, 2.45) is 5.73 Å². The molecule has 110 valence electrons. The first-order valence-corrected chi connectivity index (χ1v) is 8.17. The molecule has 0 spiro atoms. The highest BCUT2D eigenvalue weighted by molar-refractivity contribution is 7.91. The molecule has 3 N–H and O–H groups in total. The Labute approximate surface area is 118 Å². The summed E-state index contributed by atoms with van der Waals surface area (Å²) in [6.07, 6.45) is 0. The lowest BCUT2D eigenvalue weighted by Crippen LogP contribution is -2.48. The molecular formula is C13H19N3O3S. The minimum Gasteiger partial charge on any atom is -0.354 e. The molecule has 0 unspecified atom stereocenters. The van der Waals surface area contributed by atoms with E-state index in [0.717, 1.165) is 5.56 Å². The van der Waals surface area contributed by atoms with Crippen LogP contribution in [0.4, 0.5) is 0 Å². The fourth-order valence-corrected chi connectivity index (χ4v) is 3.37. The van der Waals surface area contributed by atoms with Crippen molar-refractivity contribution in [1.82, 2.24) is 10.2 Å². The molecule has 0 atom stereocenters. The van der Waals surface area contributed by atoms with Gasteiger partial charge in [0.15, 0.2) is 9.84 Å². The van der Waals surface area contributed by atoms with Gasteiger partial charge < -0.3 is 11.1 Å². The van der Waals surface area contributed by atoms with E-state index in [1.165, 1.54) is 0 Å². The molecule has 1 heterocycles. The lowest BCUT2D eigenvalue weighted by atomic mass is 10.2. The monoisotopic (exact) mass is 297 g/mol. The molecule has 6 nitrogen and oxygen atoms in total. The van der Waals surface area contributed by atoms with Crippen LogP contribution < -0.4 is 11.1 Å². The Hall–Kier alpha value is -1.44. The molecule has 1 fully saturated rings. The molecular weight excluding hydrogens is 278 g/mol. The summed E-state index contributed by atoms with van der Waals surface area (Å²) in [7, 11) is -3.32. The van der Waals surface area contributed by atoms with Gasteiger partial charge in [-0.1, -0.05) is 12.1 Å². The Balaban J connectivity index is 1.97. The molecule has 1 aromatic carbocycles. The number of carbonyl (C=O) groups excluding carboxylic acids is 1. The number of hydrogen-bond acceptors (Lipinski definition) is 5. The van der Waals surface area contributed by atoms with E-state index in [-0.39, 0.29) is 18.2 Å². The lowest BCUT2D eigenvalue weighted by Gasteiger charge is -2.26. The summed E-state index contributed by atoms with van der Waals surface area (Å²) in [5.74, 6) is -0.0386. The van der Waals surface area contributed by atoms with Crippen LogP contribution in [-0.2, 0) is 21.2 Å². The zero-order valence-electron chi connectivity index (χ0n) is 11.2. The van der Waals surface area contributed by atoms with Gasteiger partial charge in [-0.25, -0.2) is 8.42 Å². The molecule has 1 saturated heterocycles. The first-order valence-electron chi connectivity index (χ1n) is 6.52. The third-order valence-corrected chi connectivity index (χ3v) is 5.02. The van der Waals surface area contributed by atoms with Gasteiger partial charge >= 0.3 is 0 Å². The topological polar surface area (TPSA) is 92.5 Å². The van der Waals surface area contributed by atoms with Crippen molar-refractivity contribution in [1.29, 1.82) is 0 Å². The second-order valence-corrected chi connectivity index (χ2v) is 6.90. The van der Waals surface area contributed by atoms with Gasteiger partial charge in [-0.3, -0.25) is 9.69 Å². The second kappa shape index (κ2) is 6.34. The molecule has 1 amide bonds. The molecule has 0 bridgehead atoms. The van der Waals surface area contributed by atoms with Crippen molar-refractivity contribution in [3.63, 3.8) is 0 Å². The predicted octanol–water partition coefficient (Wildman–Crippen LogP) is -0.649.